The molecule has 0 aromatic rings. The number of imide groups is 1. The van der Waals surface area contributed by atoms with E-state index in [0.29, 0.717) is 31.8 Å². The van der Waals surface area contributed by atoms with Crippen molar-refractivity contribution < 1.29 is 14.3 Å². The van der Waals surface area contributed by atoms with E-state index in [1.807, 2.05) is 7.05 Å². The smallest absolute Gasteiger partial charge is 0.244 e. The second-order valence-corrected chi connectivity index (χ2v) is 6.46. The fourth-order valence-electron chi connectivity index (χ4n) is 3.49. The molecule has 0 saturated carbocycles. The van der Waals surface area contributed by atoms with Gasteiger partial charge in [-0.05, 0) is 25.4 Å². The molecule has 112 valence electrons. The van der Waals surface area contributed by atoms with Crippen LogP contribution < -0.4 is 5.32 Å². The van der Waals surface area contributed by atoms with Crippen molar-refractivity contribution in [2.24, 2.45) is 11.8 Å². The highest BCUT2D eigenvalue weighted by Crippen LogP contribution is 2.37. The van der Waals surface area contributed by atoms with Crippen LogP contribution in [0.3, 0.4) is 0 Å². The topological polar surface area (TPSA) is 61.9 Å². The predicted molar refractivity (Wildman–Crippen MR) is 76.0 cm³/mol. The first-order valence-corrected chi connectivity index (χ1v) is 8.24. The lowest BCUT2D eigenvalue weighted by Crippen LogP contribution is -2.49. The minimum Gasteiger partial charge on any atom is -0.378 e. The second kappa shape index (κ2) is 5.63. The fraction of sp³-hybridized carbons (Fsp3) is 0.846. The van der Waals surface area contributed by atoms with Crippen LogP contribution in [0.4, 0.5) is 0 Å². The van der Waals surface area contributed by atoms with Crippen LogP contribution in [0.1, 0.15) is 6.42 Å². The van der Waals surface area contributed by atoms with E-state index < -0.39 is 0 Å². The first-order chi connectivity index (χ1) is 9.65. The Balaban J connectivity index is 1.66. The molecule has 0 aromatic heterocycles. The van der Waals surface area contributed by atoms with E-state index in [2.05, 4.69) is 10.2 Å². The zero-order valence-electron chi connectivity index (χ0n) is 11.9. The molecule has 4 unspecified atom stereocenters. The second-order valence-electron chi connectivity index (χ2n) is 5.73. The van der Waals surface area contributed by atoms with Gasteiger partial charge < -0.3 is 10.1 Å². The molecule has 3 rings (SSSR count). The fourth-order valence-corrected chi connectivity index (χ4v) is 4.12. The van der Waals surface area contributed by atoms with Gasteiger partial charge in [-0.2, -0.15) is 0 Å². The van der Waals surface area contributed by atoms with Crippen molar-refractivity contribution in [2.45, 2.75) is 18.5 Å². The minimum absolute atomic E-state index is 0.0168. The van der Waals surface area contributed by atoms with Gasteiger partial charge in [-0.25, -0.2) is 4.31 Å². The van der Waals surface area contributed by atoms with Crippen LogP contribution in [0.25, 0.3) is 0 Å². The third kappa shape index (κ3) is 2.26. The number of fused-ring (bicyclic) bond motifs is 1. The first-order valence-electron chi connectivity index (χ1n) is 7.06. The molecule has 0 aromatic carbocycles. The molecule has 0 radical (unpaired) electrons. The van der Waals surface area contributed by atoms with E-state index in [-0.39, 0.29) is 23.7 Å². The SMILES string of the molecule is CNC1COCC(N2CC3C(=O)N(SC)C(=O)C3C2)C1. The van der Waals surface area contributed by atoms with Gasteiger partial charge in [-0.15, -0.1) is 0 Å². The van der Waals surface area contributed by atoms with Crippen LogP contribution in [-0.4, -0.2) is 72.7 Å². The summed E-state index contributed by atoms with van der Waals surface area (Å²) in [6.45, 7) is 2.82. The molecule has 3 fully saturated rings. The Bertz CT molecular complexity index is 396. The molecule has 3 heterocycles. The number of likely N-dealkylation sites (N-methyl/N-ethyl adjacent to an activating group) is 1. The Morgan fingerprint density at radius 1 is 1.20 bits per heavy atom. The van der Waals surface area contributed by atoms with Crippen molar-refractivity contribution in [2.75, 3.05) is 39.6 Å². The molecule has 7 heteroatoms. The lowest BCUT2D eigenvalue weighted by atomic mass is 10.00. The van der Waals surface area contributed by atoms with Gasteiger partial charge in [-0.1, -0.05) is 0 Å². The van der Waals surface area contributed by atoms with E-state index in [1.165, 1.54) is 16.3 Å². The monoisotopic (exact) mass is 299 g/mol. The number of carbonyl (C=O) groups excluding carboxylic acids is 2. The zero-order valence-corrected chi connectivity index (χ0v) is 12.7. The van der Waals surface area contributed by atoms with E-state index in [4.69, 9.17) is 4.74 Å². The van der Waals surface area contributed by atoms with Crippen LogP contribution in [-0.2, 0) is 14.3 Å². The number of hydrogen-bond donors (Lipinski definition) is 1. The van der Waals surface area contributed by atoms with Crippen LogP contribution in [0.15, 0.2) is 0 Å². The summed E-state index contributed by atoms with van der Waals surface area (Å²) in [5, 5.41) is 3.24. The number of nitrogens with zero attached hydrogens (tertiary/aromatic N) is 2. The van der Waals surface area contributed by atoms with Crippen molar-refractivity contribution in [1.82, 2.24) is 14.5 Å². The lowest BCUT2D eigenvalue weighted by molar-refractivity contribution is -0.134. The third-order valence-electron chi connectivity index (χ3n) is 4.68. The van der Waals surface area contributed by atoms with E-state index >= 15 is 0 Å². The molecule has 3 aliphatic rings. The molecule has 0 aliphatic carbocycles. The summed E-state index contributed by atoms with van der Waals surface area (Å²) in [5.41, 5.74) is 0. The number of rotatable bonds is 3. The number of carbonyl (C=O) groups is 2. The van der Waals surface area contributed by atoms with E-state index in [9.17, 15) is 9.59 Å². The van der Waals surface area contributed by atoms with Crippen molar-refractivity contribution in [3.63, 3.8) is 0 Å². The first kappa shape index (κ1) is 14.3. The van der Waals surface area contributed by atoms with E-state index in [0.717, 1.165) is 13.0 Å². The quantitative estimate of drug-likeness (QED) is 0.563. The summed E-state index contributed by atoms with van der Waals surface area (Å²) in [7, 11) is 1.94. The Morgan fingerprint density at radius 2 is 1.85 bits per heavy atom. The van der Waals surface area contributed by atoms with Gasteiger partial charge in [0.2, 0.25) is 11.8 Å². The van der Waals surface area contributed by atoms with Gasteiger partial charge in [0.15, 0.2) is 0 Å². The van der Waals surface area contributed by atoms with Crippen LogP contribution in [0.2, 0.25) is 0 Å². The largest absolute Gasteiger partial charge is 0.378 e. The van der Waals surface area contributed by atoms with Gasteiger partial charge >= 0.3 is 0 Å². The number of hydrogen-bond acceptors (Lipinski definition) is 6. The van der Waals surface area contributed by atoms with Crippen molar-refractivity contribution in [3.05, 3.63) is 0 Å². The van der Waals surface area contributed by atoms with E-state index in [1.54, 1.807) is 6.26 Å². The van der Waals surface area contributed by atoms with Crippen molar-refractivity contribution >= 4 is 23.8 Å². The van der Waals surface area contributed by atoms with Gasteiger partial charge in [-0.3, -0.25) is 14.5 Å². The van der Waals surface area contributed by atoms with Gasteiger partial charge in [0.1, 0.15) is 0 Å². The molecule has 6 nitrogen and oxygen atoms in total. The average molecular weight is 299 g/mol. The minimum atomic E-state index is -0.148. The highest BCUT2D eigenvalue weighted by atomic mass is 32.2. The molecular formula is C13H21N3O3S. The van der Waals surface area contributed by atoms with Gasteiger partial charge in [0.05, 0.1) is 25.0 Å². The maximum Gasteiger partial charge on any atom is 0.244 e. The molecule has 1 N–H and O–H groups in total. The molecular weight excluding hydrogens is 278 g/mol. The highest BCUT2D eigenvalue weighted by Gasteiger charge is 2.53. The summed E-state index contributed by atoms with van der Waals surface area (Å²) in [5.74, 6) is -0.330. The molecule has 3 aliphatic heterocycles. The molecule has 0 bridgehead atoms. The Kier molecular flexibility index (Phi) is 4.03. The van der Waals surface area contributed by atoms with Crippen LogP contribution in [0.5, 0.6) is 0 Å². The normalized spacial score (nSPS) is 38.6. The Morgan fingerprint density at radius 3 is 2.40 bits per heavy atom. The number of amides is 2. The number of ether oxygens (including phenoxy) is 1. The number of likely N-dealkylation sites (tertiary alicyclic amines) is 1. The standard InChI is InChI=1S/C13H21N3O3S/c1-14-8-3-9(7-19-6-8)15-4-10-11(5-15)13(18)16(20-2)12(10)17/h8-11,14H,3-7H2,1-2H3. The Labute approximate surface area is 123 Å². The summed E-state index contributed by atoms with van der Waals surface area (Å²) in [6, 6.07) is 0.679. The summed E-state index contributed by atoms with van der Waals surface area (Å²) >= 11 is 1.23. The van der Waals surface area contributed by atoms with Gasteiger partial charge in [0, 0.05) is 31.4 Å². The molecule has 4 atom stereocenters. The zero-order chi connectivity index (χ0) is 14.3. The predicted octanol–water partition coefficient (Wildman–Crippen LogP) is -0.442. The third-order valence-corrected chi connectivity index (χ3v) is 5.40. The summed E-state index contributed by atoms with van der Waals surface area (Å²) in [4.78, 5) is 26.7. The molecule has 2 amide bonds. The molecule has 0 spiro atoms. The van der Waals surface area contributed by atoms with Crippen molar-refractivity contribution in [1.29, 1.82) is 0 Å². The van der Waals surface area contributed by atoms with Crippen LogP contribution >= 0.6 is 11.9 Å². The maximum absolute atomic E-state index is 12.2. The van der Waals surface area contributed by atoms with Crippen molar-refractivity contribution in [3.8, 4) is 0 Å². The Hall–Kier alpha value is -0.630. The maximum atomic E-state index is 12.2. The van der Waals surface area contributed by atoms with Crippen LogP contribution in [0, 0.1) is 11.8 Å². The van der Waals surface area contributed by atoms with Gasteiger partial charge in [0.25, 0.3) is 0 Å². The molecule has 20 heavy (non-hydrogen) atoms. The summed E-state index contributed by atoms with van der Waals surface area (Å²) in [6.07, 6.45) is 2.80. The molecule has 3 saturated heterocycles. The average Bonchev–Trinajstić information content (AvgIpc) is 3.00. The summed E-state index contributed by atoms with van der Waals surface area (Å²) < 4.78 is 6.96. The lowest BCUT2D eigenvalue weighted by Gasteiger charge is -2.35. The number of nitrogens with one attached hydrogen (secondary N) is 1. The highest BCUT2D eigenvalue weighted by molar-refractivity contribution is 7.97.